The van der Waals surface area contributed by atoms with E-state index >= 15 is 0 Å². The van der Waals surface area contributed by atoms with Gasteiger partial charge in [-0.3, -0.25) is 4.79 Å². The summed E-state index contributed by atoms with van der Waals surface area (Å²) in [6.45, 7) is 4.34. The molecule has 1 amide bonds. The fraction of sp³-hybridized carbons (Fsp3) is 0.286. The summed E-state index contributed by atoms with van der Waals surface area (Å²) >= 11 is 0. The molecule has 0 aliphatic rings. The van der Waals surface area contributed by atoms with Gasteiger partial charge in [-0.1, -0.05) is 35.5 Å². The molecular formula is C21H23N3O4. The third-order valence-corrected chi connectivity index (χ3v) is 4.24. The van der Waals surface area contributed by atoms with E-state index in [0.29, 0.717) is 24.0 Å². The number of amides is 1. The van der Waals surface area contributed by atoms with Crippen LogP contribution in [0.4, 0.5) is 0 Å². The van der Waals surface area contributed by atoms with Gasteiger partial charge in [0.2, 0.25) is 11.7 Å². The van der Waals surface area contributed by atoms with Crippen LogP contribution in [0, 0.1) is 0 Å². The Morgan fingerprint density at radius 2 is 1.79 bits per heavy atom. The molecule has 0 aliphatic heterocycles. The van der Waals surface area contributed by atoms with Crippen molar-refractivity contribution in [3.63, 3.8) is 0 Å². The first-order chi connectivity index (χ1) is 13.6. The number of likely N-dealkylation sites (N-methyl/N-ethyl adjacent to an activating group) is 1. The second-order valence-corrected chi connectivity index (χ2v) is 6.17. The number of methoxy groups -OCH3 is 1. The fourth-order valence-corrected chi connectivity index (χ4v) is 2.70. The number of nitrogens with zero attached hydrogens (tertiary/aromatic N) is 3. The van der Waals surface area contributed by atoms with Crippen molar-refractivity contribution in [3.05, 3.63) is 60.5 Å². The predicted octanol–water partition coefficient (Wildman–Crippen LogP) is 3.56. The number of ether oxygens (including phenoxy) is 2. The van der Waals surface area contributed by atoms with Gasteiger partial charge in [0.05, 0.1) is 7.11 Å². The fourth-order valence-electron chi connectivity index (χ4n) is 2.70. The lowest BCUT2D eigenvalue weighted by atomic mass is 10.2. The van der Waals surface area contributed by atoms with E-state index in [1.165, 1.54) is 0 Å². The number of carbonyl (C=O) groups excluding carboxylic acids is 1. The van der Waals surface area contributed by atoms with Crippen molar-refractivity contribution in [1.29, 1.82) is 0 Å². The second-order valence-electron chi connectivity index (χ2n) is 6.17. The zero-order chi connectivity index (χ0) is 19.9. The van der Waals surface area contributed by atoms with Crippen LogP contribution in [-0.2, 0) is 11.3 Å². The van der Waals surface area contributed by atoms with Crippen LogP contribution >= 0.6 is 0 Å². The van der Waals surface area contributed by atoms with E-state index < -0.39 is 6.10 Å². The lowest BCUT2D eigenvalue weighted by molar-refractivity contribution is -0.138. The molecule has 1 atom stereocenters. The zero-order valence-electron chi connectivity index (χ0n) is 16.2. The highest BCUT2D eigenvalue weighted by molar-refractivity contribution is 5.80. The van der Waals surface area contributed by atoms with Gasteiger partial charge < -0.3 is 18.9 Å². The van der Waals surface area contributed by atoms with Gasteiger partial charge in [-0.25, -0.2) is 0 Å². The zero-order valence-corrected chi connectivity index (χ0v) is 16.2. The van der Waals surface area contributed by atoms with Crippen molar-refractivity contribution in [3.8, 4) is 22.9 Å². The summed E-state index contributed by atoms with van der Waals surface area (Å²) in [4.78, 5) is 18.8. The van der Waals surface area contributed by atoms with Crippen LogP contribution in [0.1, 0.15) is 19.7 Å². The van der Waals surface area contributed by atoms with Crippen molar-refractivity contribution in [2.24, 2.45) is 0 Å². The Hall–Kier alpha value is -3.35. The number of aromatic nitrogens is 2. The quantitative estimate of drug-likeness (QED) is 0.594. The van der Waals surface area contributed by atoms with E-state index in [9.17, 15) is 4.79 Å². The molecule has 3 aromatic rings. The third kappa shape index (κ3) is 4.68. The average Bonchev–Trinajstić information content (AvgIpc) is 3.21. The molecule has 28 heavy (non-hydrogen) atoms. The van der Waals surface area contributed by atoms with Gasteiger partial charge in [-0.2, -0.15) is 4.98 Å². The Kier molecular flexibility index (Phi) is 6.26. The lowest BCUT2D eigenvalue weighted by Gasteiger charge is -2.23. The minimum atomic E-state index is -0.648. The maximum absolute atomic E-state index is 12.8. The summed E-state index contributed by atoms with van der Waals surface area (Å²) in [5.74, 6) is 2.05. The first-order valence-corrected chi connectivity index (χ1v) is 9.08. The van der Waals surface area contributed by atoms with Crippen molar-refractivity contribution in [1.82, 2.24) is 15.0 Å². The smallest absolute Gasteiger partial charge is 0.263 e. The van der Waals surface area contributed by atoms with Crippen molar-refractivity contribution < 1.29 is 18.8 Å². The van der Waals surface area contributed by atoms with E-state index in [4.69, 9.17) is 14.0 Å². The molecule has 0 bridgehead atoms. The Labute approximate surface area is 163 Å². The van der Waals surface area contributed by atoms with Crippen LogP contribution in [0.2, 0.25) is 0 Å². The Morgan fingerprint density at radius 3 is 2.43 bits per heavy atom. The van der Waals surface area contributed by atoms with E-state index in [1.54, 1.807) is 43.2 Å². The molecule has 7 nitrogen and oxygen atoms in total. The number of carbonyl (C=O) groups is 1. The molecule has 0 fully saturated rings. The molecular weight excluding hydrogens is 358 g/mol. The molecule has 2 aromatic carbocycles. The second kappa shape index (κ2) is 9.03. The summed E-state index contributed by atoms with van der Waals surface area (Å²) in [6.07, 6.45) is -0.648. The Morgan fingerprint density at radius 1 is 1.11 bits per heavy atom. The number of benzene rings is 2. The van der Waals surface area contributed by atoms with Crippen LogP contribution in [-0.4, -0.2) is 40.7 Å². The summed E-state index contributed by atoms with van der Waals surface area (Å²) in [7, 11) is 1.60. The molecule has 7 heteroatoms. The molecule has 1 heterocycles. The summed E-state index contributed by atoms with van der Waals surface area (Å²) in [5.41, 5.74) is 0.864. The molecule has 146 valence electrons. The van der Waals surface area contributed by atoms with E-state index in [-0.39, 0.29) is 12.5 Å². The Balaban J connectivity index is 1.63. The molecule has 0 saturated heterocycles. The summed E-state index contributed by atoms with van der Waals surface area (Å²) < 4.78 is 16.2. The largest absolute Gasteiger partial charge is 0.497 e. The van der Waals surface area contributed by atoms with Crippen LogP contribution < -0.4 is 9.47 Å². The lowest BCUT2D eigenvalue weighted by Crippen LogP contribution is -2.40. The minimum absolute atomic E-state index is 0.155. The van der Waals surface area contributed by atoms with Crippen molar-refractivity contribution in [2.75, 3.05) is 13.7 Å². The minimum Gasteiger partial charge on any atom is -0.497 e. The first-order valence-electron chi connectivity index (χ1n) is 9.08. The predicted molar refractivity (Wildman–Crippen MR) is 104 cm³/mol. The van der Waals surface area contributed by atoms with Gasteiger partial charge in [0.15, 0.2) is 6.10 Å². The molecule has 1 aromatic heterocycles. The molecule has 1 unspecified atom stereocenters. The van der Waals surface area contributed by atoms with Gasteiger partial charge >= 0.3 is 0 Å². The van der Waals surface area contributed by atoms with E-state index in [0.717, 1.165) is 11.3 Å². The van der Waals surface area contributed by atoms with Gasteiger partial charge in [-0.05, 0) is 38.1 Å². The molecule has 3 rings (SSSR count). The van der Waals surface area contributed by atoms with Gasteiger partial charge in [0.1, 0.15) is 18.0 Å². The van der Waals surface area contributed by atoms with Gasteiger partial charge in [-0.15, -0.1) is 0 Å². The maximum Gasteiger partial charge on any atom is 0.263 e. The highest BCUT2D eigenvalue weighted by Gasteiger charge is 2.23. The topological polar surface area (TPSA) is 77.7 Å². The van der Waals surface area contributed by atoms with E-state index in [2.05, 4.69) is 10.1 Å². The number of hydrogen-bond donors (Lipinski definition) is 0. The van der Waals surface area contributed by atoms with Crippen molar-refractivity contribution in [2.45, 2.75) is 26.5 Å². The van der Waals surface area contributed by atoms with E-state index in [1.807, 2.05) is 37.3 Å². The maximum atomic E-state index is 12.8. The monoisotopic (exact) mass is 381 g/mol. The van der Waals surface area contributed by atoms with Crippen LogP contribution in [0.25, 0.3) is 11.4 Å². The normalized spacial score (nSPS) is 11.7. The molecule has 0 aliphatic carbocycles. The number of rotatable bonds is 8. The van der Waals surface area contributed by atoms with Crippen LogP contribution in [0.3, 0.4) is 0 Å². The number of hydrogen-bond acceptors (Lipinski definition) is 6. The highest BCUT2D eigenvalue weighted by atomic mass is 16.5. The SMILES string of the molecule is CCN(Cc1nc(-c2ccccc2)no1)C(=O)C(C)Oc1ccc(OC)cc1. The van der Waals surface area contributed by atoms with Gasteiger partial charge in [0, 0.05) is 12.1 Å². The van der Waals surface area contributed by atoms with Crippen LogP contribution in [0.5, 0.6) is 11.5 Å². The summed E-state index contributed by atoms with van der Waals surface area (Å²) in [6, 6.07) is 16.7. The first kappa shape index (κ1) is 19.4. The van der Waals surface area contributed by atoms with Gasteiger partial charge in [0.25, 0.3) is 5.91 Å². The standard InChI is InChI=1S/C21H23N3O4/c1-4-24(14-19-22-20(23-28-19)16-8-6-5-7-9-16)21(25)15(2)27-18-12-10-17(26-3)11-13-18/h5-13,15H,4,14H2,1-3H3. The summed E-state index contributed by atoms with van der Waals surface area (Å²) in [5, 5.41) is 3.99. The Bertz CT molecular complexity index is 894. The molecule has 0 saturated carbocycles. The molecule has 0 N–H and O–H groups in total. The molecule has 0 radical (unpaired) electrons. The average molecular weight is 381 g/mol. The molecule has 0 spiro atoms. The highest BCUT2D eigenvalue weighted by Crippen LogP contribution is 2.19. The third-order valence-electron chi connectivity index (χ3n) is 4.24. The van der Waals surface area contributed by atoms with Crippen molar-refractivity contribution >= 4 is 5.91 Å². The van der Waals surface area contributed by atoms with Crippen LogP contribution in [0.15, 0.2) is 59.1 Å².